The van der Waals surface area contributed by atoms with Gasteiger partial charge in [0, 0.05) is 17.1 Å². The number of aromatic nitrogens is 2. The molecule has 0 amide bonds. The fraction of sp³-hybridized carbons (Fsp3) is 0. The van der Waals surface area contributed by atoms with E-state index in [0.29, 0.717) is 11.8 Å². The van der Waals surface area contributed by atoms with Crippen molar-refractivity contribution < 1.29 is 24.6 Å². The number of pyridine rings is 2. The molecular weight excluding hydrogens is 312 g/mol. The molecule has 2 N–H and O–H groups in total. The second kappa shape index (κ2) is 5.88. The van der Waals surface area contributed by atoms with Crippen LogP contribution in [0.15, 0.2) is 42.6 Å². The van der Waals surface area contributed by atoms with E-state index in [-0.39, 0.29) is 33.5 Å². The Morgan fingerprint density at radius 2 is 1.79 bits per heavy atom. The van der Waals surface area contributed by atoms with Crippen molar-refractivity contribution in [3.63, 3.8) is 0 Å². The highest BCUT2D eigenvalue weighted by Gasteiger charge is 2.17. The smallest absolute Gasteiger partial charge is 0.336 e. The van der Waals surface area contributed by atoms with Crippen LogP contribution in [0.4, 0.5) is 0 Å². The molecule has 0 radical (unpaired) electrons. The van der Waals surface area contributed by atoms with E-state index in [1.165, 1.54) is 30.5 Å². The summed E-state index contributed by atoms with van der Waals surface area (Å²) in [5, 5.41) is 18.8. The first-order chi connectivity index (χ1) is 11.5. The summed E-state index contributed by atoms with van der Waals surface area (Å²) in [5.74, 6) is -2.34. The molecule has 0 fully saturated rings. The SMILES string of the molecule is O=Cc1cccc2nc(-c3cc(C(=O)O)ccn3)cc(C(=O)O)c12. The van der Waals surface area contributed by atoms with E-state index in [1.54, 1.807) is 12.1 Å². The average molecular weight is 322 g/mol. The van der Waals surface area contributed by atoms with E-state index in [4.69, 9.17) is 5.11 Å². The highest BCUT2D eigenvalue weighted by molar-refractivity contribution is 6.09. The van der Waals surface area contributed by atoms with Crippen LogP contribution >= 0.6 is 0 Å². The molecule has 3 aromatic rings. The minimum absolute atomic E-state index is 0.0143. The second-order valence-electron chi connectivity index (χ2n) is 4.95. The molecule has 2 heterocycles. The van der Waals surface area contributed by atoms with Gasteiger partial charge in [-0.1, -0.05) is 12.1 Å². The van der Waals surface area contributed by atoms with Crippen molar-refractivity contribution in [2.45, 2.75) is 0 Å². The number of carbonyl (C=O) groups is 3. The van der Waals surface area contributed by atoms with Crippen molar-refractivity contribution in [1.29, 1.82) is 0 Å². The van der Waals surface area contributed by atoms with Gasteiger partial charge in [-0.05, 0) is 24.3 Å². The Morgan fingerprint density at radius 1 is 1.00 bits per heavy atom. The van der Waals surface area contributed by atoms with E-state index in [1.807, 2.05) is 0 Å². The molecule has 0 saturated heterocycles. The third-order valence-electron chi connectivity index (χ3n) is 3.49. The fourth-order valence-electron chi connectivity index (χ4n) is 2.42. The normalized spacial score (nSPS) is 10.5. The van der Waals surface area contributed by atoms with Crippen LogP contribution in [-0.2, 0) is 0 Å². The Balaban J connectivity index is 2.31. The number of carbonyl (C=O) groups excluding carboxylic acids is 1. The number of carboxylic acids is 2. The lowest BCUT2D eigenvalue weighted by atomic mass is 10.0. The molecular formula is C17H10N2O5. The topological polar surface area (TPSA) is 117 Å². The zero-order valence-electron chi connectivity index (χ0n) is 12.1. The summed E-state index contributed by atoms with van der Waals surface area (Å²) >= 11 is 0. The molecule has 0 aliphatic carbocycles. The van der Waals surface area contributed by atoms with Gasteiger partial charge in [0.15, 0.2) is 6.29 Å². The van der Waals surface area contributed by atoms with Crippen LogP contribution in [0.3, 0.4) is 0 Å². The Labute approximate surface area is 135 Å². The number of carboxylic acid groups (broad SMARTS) is 2. The molecule has 0 atom stereocenters. The lowest BCUT2D eigenvalue weighted by Gasteiger charge is -2.08. The highest BCUT2D eigenvalue weighted by Crippen LogP contribution is 2.26. The predicted molar refractivity (Wildman–Crippen MR) is 84.3 cm³/mol. The number of hydrogen-bond acceptors (Lipinski definition) is 5. The third kappa shape index (κ3) is 2.58. The number of nitrogens with zero attached hydrogens (tertiary/aromatic N) is 2. The predicted octanol–water partition coefficient (Wildman–Crippen LogP) is 2.51. The molecule has 118 valence electrons. The van der Waals surface area contributed by atoms with E-state index in [9.17, 15) is 19.5 Å². The van der Waals surface area contributed by atoms with Crippen LogP contribution in [0, 0.1) is 0 Å². The molecule has 0 aliphatic rings. The number of hydrogen-bond donors (Lipinski definition) is 2. The molecule has 3 rings (SSSR count). The van der Waals surface area contributed by atoms with Crippen molar-refractivity contribution >= 4 is 29.1 Å². The number of fused-ring (bicyclic) bond motifs is 1. The maximum atomic E-state index is 11.6. The van der Waals surface area contributed by atoms with Crippen LogP contribution in [0.1, 0.15) is 31.1 Å². The first-order valence-corrected chi connectivity index (χ1v) is 6.83. The summed E-state index contributed by atoms with van der Waals surface area (Å²) in [6.45, 7) is 0. The average Bonchev–Trinajstić information content (AvgIpc) is 2.60. The van der Waals surface area contributed by atoms with Gasteiger partial charge in [-0.25, -0.2) is 14.6 Å². The van der Waals surface area contributed by atoms with Gasteiger partial charge < -0.3 is 10.2 Å². The van der Waals surface area contributed by atoms with Crippen LogP contribution in [0.25, 0.3) is 22.3 Å². The molecule has 0 unspecified atom stereocenters. The maximum absolute atomic E-state index is 11.6. The summed E-state index contributed by atoms with van der Waals surface area (Å²) in [4.78, 5) is 42.2. The quantitative estimate of drug-likeness (QED) is 0.708. The summed E-state index contributed by atoms with van der Waals surface area (Å²) in [6, 6.07) is 8.61. The van der Waals surface area contributed by atoms with Crippen molar-refractivity contribution in [2.24, 2.45) is 0 Å². The first kappa shape index (κ1) is 15.3. The zero-order chi connectivity index (χ0) is 17.3. The third-order valence-corrected chi connectivity index (χ3v) is 3.49. The summed E-state index contributed by atoms with van der Waals surface area (Å²) in [5.41, 5.74) is 0.899. The minimum Gasteiger partial charge on any atom is -0.478 e. The molecule has 0 spiro atoms. The molecule has 7 nitrogen and oxygen atoms in total. The number of benzene rings is 1. The van der Waals surface area contributed by atoms with Gasteiger partial charge in [0.2, 0.25) is 0 Å². The van der Waals surface area contributed by atoms with Crippen LogP contribution < -0.4 is 0 Å². The van der Waals surface area contributed by atoms with E-state index in [2.05, 4.69) is 9.97 Å². The molecule has 0 saturated carbocycles. The molecule has 0 bridgehead atoms. The van der Waals surface area contributed by atoms with E-state index >= 15 is 0 Å². The molecule has 2 aromatic heterocycles. The van der Waals surface area contributed by atoms with Crippen molar-refractivity contribution in [3.8, 4) is 11.4 Å². The van der Waals surface area contributed by atoms with Gasteiger partial charge in [0.1, 0.15) is 0 Å². The Bertz CT molecular complexity index is 997. The second-order valence-corrected chi connectivity index (χ2v) is 4.95. The van der Waals surface area contributed by atoms with E-state index in [0.717, 1.165) is 0 Å². The van der Waals surface area contributed by atoms with Crippen LogP contribution in [0.5, 0.6) is 0 Å². The Hall–Kier alpha value is -3.61. The lowest BCUT2D eigenvalue weighted by molar-refractivity contribution is 0.0686. The summed E-state index contributed by atoms with van der Waals surface area (Å²) < 4.78 is 0. The minimum atomic E-state index is -1.22. The van der Waals surface area contributed by atoms with Gasteiger partial charge in [-0.15, -0.1) is 0 Å². The monoisotopic (exact) mass is 322 g/mol. The fourth-order valence-corrected chi connectivity index (χ4v) is 2.42. The molecule has 24 heavy (non-hydrogen) atoms. The Kier molecular flexibility index (Phi) is 3.75. The van der Waals surface area contributed by atoms with Crippen molar-refractivity contribution in [3.05, 3.63) is 59.3 Å². The Morgan fingerprint density at radius 3 is 2.46 bits per heavy atom. The molecule has 1 aromatic carbocycles. The zero-order valence-corrected chi connectivity index (χ0v) is 12.1. The summed E-state index contributed by atoms with van der Waals surface area (Å²) in [7, 11) is 0. The van der Waals surface area contributed by atoms with Gasteiger partial charge in [-0.3, -0.25) is 9.78 Å². The van der Waals surface area contributed by atoms with Crippen LogP contribution in [-0.4, -0.2) is 38.4 Å². The van der Waals surface area contributed by atoms with Crippen molar-refractivity contribution in [2.75, 3.05) is 0 Å². The molecule has 0 aliphatic heterocycles. The van der Waals surface area contributed by atoms with E-state index < -0.39 is 11.9 Å². The van der Waals surface area contributed by atoms with Gasteiger partial charge in [-0.2, -0.15) is 0 Å². The summed E-state index contributed by atoms with van der Waals surface area (Å²) in [6.07, 6.45) is 1.88. The number of rotatable bonds is 4. The van der Waals surface area contributed by atoms with Gasteiger partial charge in [0.25, 0.3) is 0 Å². The van der Waals surface area contributed by atoms with Gasteiger partial charge >= 0.3 is 11.9 Å². The first-order valence-electron chi connectivity index (χ1n) is 6.83. The largest absolute Gasteiger partial charge is 0.478 e. The highest BCUT2D eigenvalue weighted by atomic mass is 16.4. The number of aldehydes is 1. The maximum Gasteiger partial charge on any atom is 0.336 e. The van der Waals surface area contributed by atoms with Gasteiger partial charge in [0.05, 0.1) is 28.0 Å². The van der Waals surface area contributed by atoms with Crippen LogP contribution in [0.2, 0.25) is 0 Å². The number of aromatic carboxylic acids is 2. The lowest BCUT2D eigenvalue weighted by Crippen LogP contribution is -2.03. The van der Waals surface area contributed by atoms with Crippen molar-refractivity contribution in [1.82, 2.24) is 9.97 Å². The standard InChI is InChI=1S/C17H10N2O5/c20-8-10-2-1-3-12-15(10)11(17(23)24)7-14(19-12)13-6-9(16(21)22)4-5-18-13/h1-8H,(H,21,22)(H,23,24). The molecule has 7 heteroatoms.